The molecule has 0 aliphatic heterocycles. The van der Waals surface area contributed by atoms with Gasteiger partial charge in [-0.05, 0) is 48.4 Å². The van der Waals surface area contributed by atoms with Gasteiger partial charge in [-0.3, -0.25) is 4.72 Å². The Bertz CT molecular complexity index is 778. The lowest BCUT2D eigenvalue weighted by molar-refractivity contribution is 0.281. The summed E-state index contributed by atoms with van der Waals surface area (Å²) in [6.07, 6.45) is 0. The molecule has 2 aromatic rings. The van der Waals surface area contributed by atoms with Gasteiger partial charge in [0.2, 0.25) is 0 Å². The van der Waals surface area contributed by atoms with Crippen LogP contribution in [0.5, 0.6) is 0 Å². The van der Waals surface area contributed by atoms with Crippen LogP contribution in [0, 0.1) is 6.92 Å². The van der Waals surface area contributed by atoms with E-state index in [2.05, 4.69) is 20.7 Å². The predicted molar refractivity (Wildman–Crippen MR) is 87.1 cm³/mol. The summed E-state index contributed by atoms with van der Waals surface area (Å²) >= 11 is 9.22. The van der Waals surface area contributed by atoms with Gasteiger partial charge in [-0.2, -0.15) is 0 Å². The molecular formula is C14H13BrClNO3S. The van der Waals surface area contributed by atoms with Crippen LogP contribution in [0.25, 0.3) is 0 Å². The number of hydrogen-bond acceptors (Lipinski definition) is 3. The lowest BCUT2D eigenvalue weighted by atomic mass is 10.2. The molecule has 0 fully saturated rings. The number of aliphatic hydroxyl groups excluding tert-OH is 1. The van der Waals surface area contributed by atoms with Crippen LogP contribution in [0.1, 0.15) is 11.1 Å². The number of nitrogens with one attached hydrogen (secondary N) is 1. The first-order valence-electron chi connectivity index (χ1n) is 6.02. The molecule has 21 heavy (non-hydrogen) atoms. The highest BCUT2D eigenvalue weighted by atomic mass is 79.9. The van der Waals surface area contributed by atoms with Crippen molar-refractivity contribution in [2.24, 2.45) is 0 Å². The van der Waals surface area contributed by atoms with Crippen molar-refractivity contribution in [3.63, 3.8) is 0 Å². The average molecular weight is 391 g/mol. The molecule has 0 aromatic heterocycles. The van der Waals surface area contributed by atoms with Crippen LogP contribution >= 0.6 is 27.5 Å². The summed E-state index contributed by atoms with van der Waals surface area (Å²) in [5.74, 6) is 0. The van der Waals surface area contributed by atoms with Gasteiger partial charge in [0.15, 0.2) is 0 Å². The molecule has 0 unspecified atom stereocenters. The minimum absolute atomic E-state index is 0.0487. The molecule has 2 aromatic carbocycles. The van der Waals surface area contributed by atoms with Gasteiger partial charge in [-0.1, -0.05) is 33.6 Å². The van der Waals surface area contributed by atoms with E-state index in [9.17, 15) is 8.42 Å². The molecule has 4 nitrogen and oxygen atoms in total. The highest BCUT2D eigenvalue weighted by Gasteiger charge is 2.16. The van der Waals surface area contributed by atoms with Crippen molar-refractivity contribution in [3.05, 3.63) is 57.0 Å². The van der Waals surface area contributed by atoms with Crippen molar-refractivity contribution in [1.29, 1.82) is 0 Å². The molecule has 0 spiro atoms. The van der Waals surface area contributed by atoms with Crippen molar-refractivity contribution in [2.75, 3.05) is 4.72 Å². The van der Waals surface area contributed by atoms with E-state index in [1.54, 1.807) is 12.1 Å². The van der Waals surface area contributed by atoms with Gasteiger partial charge in [-0.15, -0.1) is 0 Å². The number of aryl methyl sites for hydroxylation is 1. The first-order valence-corrected chi connectivity index (χ1v) is 8.67. The van der Waals surface area contributed by atoms with Crippen LogP contribution in [-0.2, 0) is 16.6 Å². The Morgan fingerprint density at radius 1 is 1.24 bits per heavy atom. The third kappa shape index (κ3) is 3.77. The molecule has 2 rings (SSSR count). The van der Waals surface area contributed by atoms with Crippen molar-refractivity contribution in [3.8, 4) is 0 Å². The second kappa shape index (κ2) is 6.36. The molecule has 0 aliphatic carbocycles. The van der Waals surface area contributed by atoms with Crippen LogP contribution in [0.15, 0.2) is 45.8 Å². The first kappa shape index (κ1) is 16.3. The largest absolute Gasteiger partial charge is 0.392 e. The van der Waals surface area contributed by atoms with Crippen LogP contribution in [0.2, 0.25) is 5.02 Å². The number of benzene rings is 2. The maximum Gasteiger partial charge on any atom is 0.261 e. The summed E-state index contributed by atoms with van der Waals surface area (Å²) in [6, 6.07) is 9.38. The smallest absolute Gasteiger partial charge is 0.261 e. The van der Waals surface area contributed by atoms with Crippen molar-refractivity contribution < 1.29 is 13.5 Å². The molecular weight excluding hydrogens is 378 g/mol. The molecule has 0 radical (unpaired) electrons. The van der Waals surface area contributed by atoms with E-state index in [1.165, 1.54) is 18.2 Å². The molecule has 7 heteroatoms. The molecule has 0 amide bonds. The molecule has 0 heterocycles. The molecule has 0 atom stereocenters. The normalized spacial score (nSPS) is 11.4. The van der Waals surface area contributed by atoms with E-state index < -0.39 is 10.0 Å². The fourth-order valence-corrected chi connectivity index (χ4v) is 3.37. The predicted octanol–water partition coefficient (Wildman–Crippen LogP) is 3.70. The number of anilines is 1. The zero-order valence-corrected chi connectivity index (χ0v) is 14.3. The molecule has 0 saturated heterocycles. The topological polar surface area (TPSA) is 66.4 Å². The number of rotatable bonds is 4. The van der Waals surface area contributed by atoms with Crippen LogP contribution < -0.4 is 4.72 Å². The van der Waals surface area contributed by atoms with Gasteiger partial charge in [0.25, 0.3) is 10.0 Å². The van der Waals surface area contributed by atoms with Crippen LogP contribution in [-0.4, -0.2) is 13.5 Å². The van der Waals surface area contributed by atoms with Gasteiger partial charge in [0, 0.05) is 15.2 Å². The second-order valence-corrected chi connectivity index (χ2v) is 7.42. The molecule has 112 valence electrons. The monoisotopic (exact) mass is 389 g/mol. The van der Waals surface area contributed by atoms with Crippen LogP contribution in [0.4, 0.5) is 5.69 Å². The van der Waals surface area contributed by atoms with Gasteiger partial charge in [0.05, 0.1) is 11.5 Å². The fraction of sp³-hybridized carbons (Fsp3) is 0.143. The third-order valence-corrected chi connectivity index (χ3v) is 5.52. The van der Waals surface area contributed by atoms with E-state index in [0.29, 0.717) is 16.3 Å². The standard InChI is InChI=1S/C14H13BrClNO3S/c1-9-2-3-11(7-13(9)15)17-21(19,20)12-4-5-14(16)10(6-12)8-18/h2-7,17-18H,8H2,1H3. The summed E-state index contributed by atoms with van der Waals surface area (Å²) in [6.45, 7) is 1.59. The SMILES string of the molecule is Cc1ccc(NS(=O)(=O)c2ccc(Cl)c(CO)c2)cc1Br. The van der Waals surface area contributed by atoms with E-state index >= 15 is 0 Å². The highest BCUT2D eigenvalue weighted by molar-refractivity contribution is 9.10. The van der Waals surface area contributed by atoms with E-state index in [4.69, 9.17) is 16.7 Å². The van der Waals surface area contributed by atoms with Crippen LogP contribution in [0.3, 0.4) is 0 Å². The number of sulfonamides is 1. The summed E-state index contributed by atoms with van der Waals surface area (Å²) in [7, 11) is -3.73. The first-order chi connectivity index (χ1) is 9.83. The number of halogens is 2. The summed E-state index contributed by atoms with van der Waals surface area (Å²) in [5.41, 5.74) is 1.82. The summed E-state index contributed by atoms with van der Waals surface area (Å²) in [4.78, 5) is 0.0487. The Morgan fingerprint density at radius 2 is 1.95 bits per heavy atom. The zero-order valence-electron chi connectivity index (χ0n) is 11.1. The number of aliphatic hydroxyl groups is 1. The molecule has 0 saturated carbocycles. The maximum absolute atomic E-state index is 12.3. The van der Waals surface area contributed by atoms with Gasteiger partial charge < -0.3 is 5.11 Å². The van der Waals surface area contributed by atoms with E-state index in [1.807, 2.05) is 13.0 Å². The Hall–Kier alpha value is -1.08. The summed E-state index contributed by atoms with van der Waals surface area (Å²) < 4.78 is 28.0. The quantitative estimate of drug-likeness (QED) is 0.836. The van der Waals surface area contributed by atoms with Gasteiger partial charge in [0.1, 0.15) is 0 Å². The van der Waals surface area contributed by atoms with Gasteiger partial charge in [-0.25, -0.2) is 8.42 Å². The van der Waals surface area contributed by atoms with Gasteiger partial charge >= 0.3 is 0 Å². The molecule has 0 bridgehead atoms. The second-order valence-electron chi connectivity index (χ2n) is 4.48. The Morgan fingerprint density at radius 3 is 2.57 bits per heavy atom. The fourth-order valence-electron chi connectivity index (χ4n) is 1.71. The number of hydrogen-bond donors (Lipinski definition) is 2. The third-order valence-electron chi connectivity index (χ3n) is 2.92. The van der Waals surface area contributed by atoms with E-state index in [0.717, 1.165) is 10.0 Å². The summed E-state index contributed by atoms with van der Waals surface area (Å²) in [5, 5.41) is 9.49. The zero-order chi connectivity index (χ0) is 15.6. The minimum atomic E-state index is -3.73. The Kier molecular flexibility index (Phi) is 4.93. The van der Waals surface area contributed by atoms with Crippen molar-refractivity contribution in [1.82, 2.24) is 0 Å². The minimum Gasteiger partial charge on any atom is -0.392 e. The highest BCUT2D eigenvalue weighted by Crippen LogP contribution is 2.25. The lowest BCUT2D eigenvalue weighted by Crippen LogP contribution is -2.13. The average Bonchev–Trinajstić information content (AvgIpc) is 2.43. The maximum atomic E-state index is 12.3. The molecule has 2 N–H and O–H groups in total. The molecule has 0 aliphatic rings. The van der Waals surface area contributed by atoms with Crippen molar-refractivity contribution in [2.45, 2.75) is 18.4 Å². The Balaban J connectivity index is 2.35. The lowest BCUT2D eigenvalue weighted by Gasteiger charge is -2.10. The van der Waals surface area contributed by atoms with Crippen molar-refractivity contribution >= 4 is 43.2 Å². The van der Waals surface area contributed by atoms with E-state index in [-0.39, 0.29) is 11.5 Å². The Labute approximate surface area is 136 Å².